The third kappa shape index (κ3) is 5.52. The second-order valence-electron chi connectivity index (χ2n) is 5.91. The van der Waals surface area contributed by atoms with Gasteiger partial charge in [0, 0.05) is 11.8 Å². The summed E-state index contributed by atoms with van der Waals surface area (Å²) in [4.78, 5) is 24.3. The quantitative estimate of drug-likeness (QED) is 0.753. The number of carbonyl (C=O) groups is 2. The number of hydrazine groups is 1. The zero-order valence-electron chi connectivity index (χ0n) is 14.9. The molecule has 9 heteroatoms. The Labute approximate surface area is 156 Å². The third-order valence-electron chi connectivity index (χ3n) is 3.68. The fraction of sp³-hybridized carbons (Fsp3) is 0.222. The van der Waals surface area contributed by atoms with Gasteiger partial charge in [-0.1, -0.05) is 6.07 Å². The summed E-state index contributed by atoms with van der Waals surface area (Å²) in [6, 6.07) is 9.28. The average molecular weight is 394 g/mol. The van der Waals surface area contributed by atoms with E-state index in [1.54, 1.807) is 6.92 Å². The largest absolute Gasteiger partial charge is 0.481 e. The molecule has 2 aromatic carbocycles. The van der Waals surface area contributed by atoms with Gasteiger partial charge in [-0.05, 0) is 55.8 Å². The first-order valence-corrected chi connectivity index (χ1v) is 9.80. The van der Waals surface area contributed by atoms with Gasteiger partial charge >= 0.3 is 0 Å². The Morgan fingerprint density at radius 1 is 1.07 bits per heavy atom. The molecule has 0 radical (unpaired) electrons. The van der Waals surface area contributed by atoms with Gasteiger partial charge in [0.05, 0.1) is 4.90 Å². The Kier molecular flexibility index (Phi) is 6.17. The highest BCUT2D eigenvalue weighted by molar-refractivity contribution is 7.90. The van der Waals surface area contributed by atoms with Crippen LogP contribution in [0.3, 0.4) is 0 Å². The highest BCUT2D eigenvalue weighted by atomic mass is 32.2. The molecule has 0 saturated heterocycles. The second kappa shape index (κ2) is 8.17. The number of hydrogen-bond acceptors (Lipinski definition) is 5. The van der Waals surface area contributed by atoms with Crippen molar-refractivity contribution < 1.29 is 27.1 Å². The molecule has 1 atom stereocenters. The van der Waals surface area contributed by atoms with Crippen LogP contribution >= 0.6 is 0 Å². The molecule has 27 heavy (non-hydrogen) atoms. The number of carbonyl (C=O) groups excluding carboxylic acids is 2. The molecule has 0 aliphatic heterocycles. The number of aryl methyl sites for hydroxylation is 1. The smallest absolute Gasteiger partial charge is 0.279 e. The normalized spacial score (nSPS) is 12.1. The molecule has 0 spiro atoms. The number of rotatable bonds is 5. The number of sulfone groups is 1. The first kappa shape index (κ1) is 20.4. The van der Waals surface area contributed by atoms with Gasteiger partial charge in [-0.15, -0.1) is 0 Å². The van der Waals surface area contributed by atoms with E-state index in [1.807, 2.05) is 0 Å². The van der Waals surface area contributed by atoms with E-state index in [4.69, 9.17) is 4.74 Å². The topological polar surface area (TPSA) is 102 Å². The summed E-state index contributed by atoms with van der Waals surface area (Å²) in [5, 5.41) is 0. The summed E-state index contributed by atoms with van der Waals surface area (Å²) in [5.74, 6) is -1.44. The first-order chi connectivity index (χ1) is 12.6. The lowest BCUT2D eigenvalue weighted by atomic mass is 10.1. The molecule has 1 unspecified atom stereocenters. The fourth-order valence-corrected chi connectivity index (χ4v) is 2.78. The summed E-state index contributed by atoms with van der Waals surface area (Å²) in [6.07, 6.45) is 0.0782. The molecule has 0 aliphatic rings. The van der Waals surface area contributed by atoms with Crippen molar-refractivity contribution in [2.75, 3.05) is 6.26 Å². The van der Waals surface area contributed by atoms with Gasteiger partial charge in [-0.25, -0.2) is 12.8 Å². The number of benzene rings is 2. The molecule has 2 N–H and O–H groups in total. The number of nitrogens with one attached hydrogen (secondary N) is 2. The second-order valence-corrected chi connectivity index (χ2v) is 7.92. The van der Waals surface area contributed by atoms with Crippen LogP contribution in [-0.2, 0) is 14.6 Å². The van der Waals surface area contributed by atoms with E-state index in [0.717, 1.165) is 6.26 Å². The molecule has 0 heterocycles. The van der Waals surface area contributed by atoms with Crippen LogP contribution in [0.25, 0.3) is 0 Å². The number of halogens is 1. The average Bonchev–Trinajstić information content (AvgIpc) is 2.60. The summed E-state index contributed by atoms with van der Waals surface area (Å²) in [6.45, 7) is 3.10. The molecular weight excluding hydrogens is 375 g/mol. The van der Waals surface area contributed by atoms with Crippen LogP contribution in [-0.4, -0.2) is 32.6 Å². The summed E-state index contributed by atoms with van der Waals surface area (Å²) in [5.41, 5.74) is 5.09. The van der Waals surface area contributed by atoms with Crippen LogP contribution in [0, 0.1) is 12.7 Å². The summed E-state index contributed by atoms with van der Waals surface area (Å²) in [7, 11) is -3.47. The van der Waals surface area contributed by atoms with E-state index in [9.17, 15) is 22.4 Å². The number of ether oxygens (including phenoxy) is 1. The summed E-state index contributed by atoms with van der Waals surface area (Å²) >= 11 is 0. The van der Waals surface area contributed by atoms with E-state index in [-0.39, 0.29) is 10.5 Å². The van der Waals surface area contributed by atoms with Crippen LogP contribution in [0.15, 0.2) is 47.4 Å². The van der Waals surface area contributed by atoms with Crippen molar-refractivity contribution in [3.05, 3.63) is 59.4 Å². The molecule has 0 aromatic heterocycles. The molecule has 7 nitrogen and oxygen atoms in total. The van der Waals surface area contributed by atoms with E-state index < -0.39 is 33.6 Å². The van der Waals surface area contributed by atoms with Crippen LogP contribution < -0.4 is 15.6 Å². The molecular formula is C18H19FN2O5S. The Morgan fingerprint density at radius 3 is 2.30 bits per heavy atom. The Morgan fingerprint density at radius 2 is 1.70 bits per heavy atom. The monoisotopic (exact) mass is 394 g/mol. The first-order valence-electron chi connectivity index (χ1n) is 7.91. The highest BCUT2D eigenvalue weighted by Crippen LogP contribution is 2.16. The maximum Gasteiger partial charge on any atom is 0.279 e. The van der Waals surface area contributed by atoms with E-state index in [1.165, 1.54) is 49.4 Å². The minimum atomic E-state index is -3.47. The van der Waals surface area contributed by atoms with Gasteiger partial charge in [-0.3, -0.25) is 20.4 Å². The van der Waals surface area contributed by atoms with Gasteiger partial charge in [0.1, 0.15) is 11.6 Å². The lowest BCUT2D eigenvalue weighted by Gasteiger charge is -2.15. The standard InChI is InChI=1S/C18H19FN2O5S/c1-11-4-9-15(27(3,24)25)10-16(11)18(23)21-20-17(22)12(2)26-14-7-5-13(19)6-8-14/h4-10,12H,1-3H3,(H,20,22)(H,21,23). The zero-order chi connectivity index (χ0) is 20.2. The van der Waals surface area contributed by atoms with E-state index in [2.05, 4.69) is 10.9 Å². The molecule has 2 aromatic rings. The van der Waals surface area contributed by atoms with Crippen molar-refractivity contribution >= 4 is 21.7 Å². The van der Waals surface area contributed by atoms with E-state index >= 15 is 0 Å². The fourth-order valence-electron chi connectivity index (χ4n) is 2.13. The van der Waals surface area contributed by atoms with Crippen molar-refractivity contribution in [1.82, 2.24) is 10.9 Å². The lowest BCUT2D eigenvalue weighted by molar-refractivity contribution is -0.128. The van der Waals surface area contributed by atoms with Crippen LogP contribution in [0.5, 0.6) is 5.75 Å². The SMILES string of the molecule is Cc1ccc(S(C)(=O)=O)cc1C(=O)NNC(=O)C(C)Oc1ccc(F)cc1. The van der Waals surface area contributed by atoms with Crippen molar-refractivity contribution in [3.8, 4) is 5.75 Å². The molecule has 144 valence electrons. The number of hydrogen-bond donors (Lipinski definition) is 2. The third-order valence-corrected chi connectivity index (χ3v) is 4.79. The minimum absolute atomic E-state index is 0.00223. The van der Waals surface area contributed by atoms with Crippen LogP contribution in [0.1, 0.15) is 22.8 Å². The molecule has 0 fully saturated rings. The Bertz CT molecular complexity index is 958. The Balaban J connectivity index is 2.00. The van der Waals surface area contributed by atoms with Gasteiger partial charge < -0.3 is 4.74 Å². The summed E-state index contributed by atoms with van der Waals surface area (Å²) < 4.78 is 41.5. The lowest BCUT2D eigenvalue weighted by Crippen LogP contribution is -2.47. The zero-order valence-corrected chi connectivity index (χ0v) is 15.8. The van der Waals surface area contributed by atoms with E-state index in [0.29, 0.717) is 11.3 Å². The molecule has 2 amide bonds. The molecule has 0 saturated carbocycles. The van der Waals surface area contributed by atoms with Crippen molar-refractivity contribution in [3.63, 3.8) is 0 Å². The Hall–Kier alpha value is -2.94. The van der Waals surface area contributed by atoms with Crippen LogP contribution in [0.2, 0.25) is 0 Å². The van der Waals surface area contributed by atoms with Crippen molar-refractivity contribution in [2.45, 2.75) is 24.8 Å². The maximum absolute atomic E-state index is 12.9. The van der Waals surface area contributed by atoms with Gasteiger partial charge in [0.25, 0.3) is 11.8 Å². The molecule has 0 aliphatic carbocycles. The van der Waals surface area contributed by atoms with Crippen molar-refractivity contribution in [2.24, 2.45) is 0 Å². The molecule has 2 rings (SSSR count). The minimum Gasteiger partial charge on any atom is -0.481 e. The molecule has 0 bridgehead atoms. The predicted octanol–water partition coefficient (Wildman–Crippen LogP) is 1.77. The van der Waals surface area contributed by atoms with Gasteiger partial charge in [0.15, 0.2) is 15.9 Å². The van der Waals surface area contributed by atoms with Gasteiger partial charge in [-0.2, -0.15) is 0 Å². The van der Waals surface area contributed by atoms with Crippen molar-refractivity contribution in [1.29, 1.82) is 0 Å². The maximum atomic E-state index is 12.9. The van der Waals surface area contributed by atoms with Gasteiger partial charge in [0.2, 0.25) is 0 Å². The predicted molar refractivity (Wildman–Crippen MR) is 96.4 cm³/mol. The number of amides is 2. The van der Waals surface area contributed by atoms with Crippen LogP contribution in [0.4, 0.5) is 4.39 Å². The highest BCUT2D eigenvalue weighted by Gasteiger charge is 2.18.